The van der Waals surface area contributed by atoms with Crippen LogP contribution in [0.25, 0.3) is 0 Å². The van der Waals surface area contributed by atoms with Gasteiger partial charge in [-0.2, -0.15) is 0 Å². The van der Waals surface area contributed by atoms with Gasteiger partial charge in [0.25, 0.3) is 0 Å². The molecule has 3 aliphatic carbocycles. The lowest BCUT2D eigenvalue weighted by Gasteiger charge is -2.58. The van der Waals surface area contributed by atoms with Crippen molar-refractivity contribution in [2.24, 2.45) is 28.6 Å². The van der Waals surface area contributed by atoms with Gasteiger partial charge >= 0.3 is 5.97 Å². The third-order valence-electron chi connectivity index (χ3n) is 8.85. The maximum absolute atomic E-state index is 12.8. The SMILES string of the molecule is CCN1C[C@@]2(C)C(=CC1=O)C(Cl)=C[C@@H]1[C@@H]2CC[C@@]2(C)[C@H]1CC[C@]2(OC(C)=O)C(C)=O. The number of carbonyl (C=O) groups is 3. The Balaban J connectivity index is 1.78. The summed E-state index contributed by atoms with van der Waals surface area (Å²) in [5, 5.41) is 0.667. The van der Waals surface area contributed by atoms with Crippen LogP contribution in [0.5, 0.6) is 0 Å². The average molecular weight is 434 g/mol. The molecule has 4 aliphatic rings. The number of ketones is 1. The van der Waals surface area contributed by atoms with E-state index < -0.39 is 17.0 Å². The average Bonchev–Trinajstić information content (AvgIpc) is 2.96. The van der Waals surface area contributed by atoms with Crippen LogP contribution in [0.4, 0.5) is 0 Å². The zero-order valence-corrected chi connectivity index (χ0v) is 19.3. The number of hydrogen-bond acceptors (Lipinski definition) is 4. The molecule has 4 rings (SSSR count). The van der Waals surface area contributed by atoms with Crippen molar-refractivity contribution in [2.45, 2.75) is 65.9 Å². The summed E-state index contributed by atoms with van der Waals surface area (Å²) in [6.45, 7) is 10.7. The normalized spacial score (nSPS) is 42.5. The molecule has 2 saturated carbocycles. The van der Waals surface area contributed by atoms with Gasteiger partial charge in [0, 0.05) is 42.0 Å². The molecule has 0 aromatic carbocycles. The van der Waals surface area contributed by atoms with Crippen LogP contribution in [0.1, 0.15) is 60.3 Å². The van der Waals surface area contributed by atoms with E-state index in [1.165, 1.54) is 6.92 Å². The number of Topliss-reactive ketones (excluding diaryl/α,β-unsaturated/α-hetero) is 1. The van der Waals surface area contributed by atoms with Gasteiger partial charge in [-0.25, -0.2) is 0 Å². The van der Waals surface area contributed by atoms with E-state index >= 15 is 0 Å². The molecule has 1 amide bonds. The minimum absolute atomic E-state index is 0.0296. The van der Waals surface area contributed by atoms with E-state index in [1.807, 2.05) is 11.8 Å². The Morgan fingerprint density at radius 1 is 1.20 bits per heavy atom. The fourth-order valence-electron chi connectivity index (χ4n) is 7.36. The number of carbonyl (C=O) groups excluding carboxylic acids is 3. The van der Waals surface area contributed by atoms with Crippen LogP contribution in [0.3, 0.4) is 0 Å². The molecule has 1 aliphatic heterocycles. The number of esters is 1. The zero-order chi connectivity index (χ0) is 22.1. The van der Waals surface area contributed by atoms with E-state index in [-0.39, 0.29) is 28.9 Å². The van der Waals surface area contributed by atoms with Crippen molar-refractivity contribution in [3.63, 3.8) is 0 Å². The zero-order valence-electron chi connectivity index (χ0n) is 18.6. The highest BCUT2D eigenvalue weighted by atomic mass is 35.5. The Kier molecular flexibility index (Phi) is 5.00. The first-order chi connectivity index (χ1) is 14.0. The van der Waals surface area contributed by atoms with Crippen LogP contribution in [0.15, 0.2) is 22.8 Å². The molecule has 2 fully saturated rings. The number of likely N-dealkylation sites (N-methyl/N-ethyl adjacent to an activating group) is 1. The highest BCUT2D eigenvalue weighted by Gasteiger charge is 2.67. The highest BCUT2D eigenvalue weighted by Crippen LogP contribution is 2.67. The Labute approximate surface area is 183 Å². The largest absolute Gasteiger partial charge is 0.451 e. The molecule has 164 valence electrons. The van der Waals surface area contributed by atoms with Crippen molar-refractivity contribution in [2.75, 3.05) is 13.1 Å². The lowest BCUT2D eigenvalue weighted by molar-refractivity contribution is -0.185. The third kappa shape index (κ3) is 2.70. The molecular formula is C24H32ClNO4. The summed E-state index contributed by atoms with van der Waals surface area (Å²) in [5.41, 5.74) is -0.708. The lowest BCUT2D eigenvalue weighted by atomic mass is 9.48. The van der Waals surface area contributed by atoms with E-state index in [4.69, 9.17) is 16.3 Å². The van der Waals surface area contributed by atoms with E-state index in [9.17, 15) is 14.4 Å². The molecular weight excluding hydrogens is 402 g/mol. The standard InChI is InChI=1S/C24H32ClNO4/c1-6-26-13-22(4)17-7-9-23(5)18(8-10-24(23,14(2)27)30-15(3)28)16(17)11-20(25)19(22)12-21(26)29/h11-12,16-18H,6-10,13H2,1-5H3/t16-,17+,18+,22-,23+,24+/m1/s1. The van der Waals surface area contributed by atoms with Crippen LogP contribution in [-0.2, 0) is 19.1 Å². The van der Waals surface area contributed by atoms with Gasteiger partial charge in [-0.1, -0.05) is 31.5 Å². The molecule has 1 heterocycles. The summed E-state index contributed by atoms with van der Waals surface area (Å²) < 4.78 is 5.81. The molecule has 6 heteroatoms. The van der Waals surface area contributed by atoms with Crippen molar-refractivity contribution < 1.29 is 19.1 Å². The van der Waals surface area contributed by atoms with E-state index in [0.29, 0.717) is 30.5 Å². The van der Waals surface area contributed by atoms with Gasteiger partial charge in [-0.15, -0.1) is 0 Å². The molecule has 0 unspecified atom stereocenters. The first-order valence-electron chi connectivity index (χ1n) is 11.1. The van der Waals surface area contributed by atoms with Gasteiger partial charge in [0.1, 0.15) is 0 Å². The summed E-state index contributed by atoms with van der Waals surface area (Å²) in [6, 6.07) is 0. The third-order valence-corrected chi connectivity index (χ3v) is 9.18. The lowest BCUT2D eigenvalue weighted by Crippen LogP contribution is -2.59. The van der Waals surface area contributed by atoms with Crippen LogP contribution in [0, 0.1) is 28.6 Å². The first kappa shape index (κ1) is 21.6. The van der Waals surface area contributed by atoms with Crippen molar-refractivity contribution in [1.29, 1.82) is 0 Å². The highest BCUT2D eigenvalue weighted by molar-refractivity contribution is 6.32. The maximum atomic E-state index is 12.8. The number of hydrogen-bond donors (Lipinski definition) is 0. The van der Waals surface area contributed by atoms with Crippen LogP contribution < -0.4 is 0 Å². The number of halogens is 1. The topological polar surface area (TPSA) is 63.7 Å². The van der Waals surface area contributed by atoms with Crippen molar-refractivity contribution in [1.82, 2.24) is 4.90 Å². The van der Waals surface area contributed by atoms with Gasteiger partial charge in [0.2, 0.25) is 5.91 Å². The quantitative estimate of drug-likeness (QED) is 0.624. The predicted molar refractivity (Wildman–Crippen MR) is 115 cm³/mol. The molecule has 0 saturated heterocycles. The van der Waals surface area contributed by atoms with Gasteiger partial charge < -0.3 is 9.64 Å². The molecule has 0 N–H and O–H groups in total. The summed E-state index contributed by atoms with van der Waals surface area (Å²) in [5.74, 6) is 0.321. The molecule has 5 nitrogen and oxygen atoms in total. The molecule has 30 heavy (non-hydrogen) atoms. The Morgan fingerprint density at radius 3 is 2.47 bits per heavy atom. The summed E-state index contributed by atoms with van der Waals surface area (Å²) in [4.78, 5) is 39.2. The second kappa shape index (κ2) is 6.94. The van der Waals surface area contributed by atoms with Crippen molar-refractivity contribution in [3.8, 4) is 0 Å². The maximum Gasteiger partial charge on any atom is 0.303 e. The summed E-state index contributed by atoms with van der Waals surface area (Å²) in [7, 11) is 0. The fraction of sp³-hybridized carbons (Fsp3) is 0.708. The number of nitrogens with zero attached hydrogens (tertiary/aromatic N) is 1. The second-order valence-electron chi connectivity index (χ2n) is 10.1. The van der Waals surface area contributed by atoms with Gasteiger partial charge in [0.15, 0.2) is 11.4 Å². The number of allylic oxidation sites excluding steroid dienone is 2. The Bertz CT molecular complexity index is 878. The van der Waals surface area contributed by atoms with E-state index in [2.05, 4.69) is 19.9 Å². The molecule has 0 spiro atoms. The molecule has 6 atom stereocenters. The number of amides is 1. The smallest absolute Gasteiger partial charge is 0.303 e. The van der Waals surface area contributed by atoms with Crippen LogP contribution in [0.2, 0.25) is 0 Å². The van der Waals surface area contributed by atoms with Crippen molar-refractivity contribution >= 4 is 29.3 Å². The first-order valence-corrected chi connectivity index (χ1v) is 11.5. The van der Waals surface area contributed by atoms with Gasteiger partial charge in [-0.05, 0) is 62.9 Å². The van der Waals surface area contributed by atoms with E-state index in [0.717, 1.165) is 24.8 Å². The van der Waals surface area contributed by atoms with E-state index in [1.54, 1.807) is 13.0 Å². The minimum atomic E-state index is -1.05. The number of rotatable bonds is 3. The molecule has 0 radical (unpaired) electrons. The summed E-state index contributed by atoms with van der Waals surface area (Å²) in [6.07, 6.45) is 6.98. The van der Waals surface area contributed by atoms with Crippen LogP contribution in [-0.4, -0.2) is 41.3 Å². The predicted octanol–water partition coefficient (Wildman–Crippen LogP) is 4.25. The number of fused-ring (bicyclic) bond motifs is 5. The molecule has 0 aromatic rings. The second-order valence-corrected chi connectivity index (χ2v) is 10.5. The molecule has 0 aromatic heterocycles. The fourth-order valence-corrected chi connectivity index (χ4v) is 7.77. The van der Waals surface area contributed by atoms with Crippen molar-refractivity contribution in [3.05, 3.63) is 22.8 Å². The minimum Gasteiger partial charge on any atom is -0.451 e. The Hall–Kier alpha value is -1.62. The van der Waals surface area contributed by atoms with Gasteiger partial charge in [-0.3, -0.25) is 14.4 Å². The van der Waals surface area contributed by atoms with Crippen LogP contribution >= 0.6 is 11.6 Å². The molecule has 0 bridgehead atoms. The monoisotopic (exact) mass is 433 g/mol. The van der Waals surface area contributed by atoms with Gasteiger partial charge in [0.05, 0.1) is 0 Å². The Morgan fingerprint density at radius 2 is 1.87 bits per heavy atom. The number of ether oxygens (including phenoxy) is 1. The summed E-state index contributed by atoms with van der Waals surface area (Å²) >= 11 is 6.78.